The highest BCUT2D eigenvalue weighted by atomic mass is 32.1. The first kappa shape index (κ1) is 24.5. The van der Waals surface area contributed by atoms with E-state index in [1.165, 1.54) is 0 Å². The number of hydrogen-bond acceptors (Lipinski definition) is 7. The van der Waals surface area contributed by atoms with Crippen LogP contribution >= 0.6 is 12.2 Å². The third-order valence-corrected chi connectivity index (χ3v) is 6.76. The molecule has 10 heteroatoms. The van der Waals surface area contributed by atoms with Crippen molar-refractivity contribution in [3.8, 4) is 11.5 Å². The van der Waals surface area contributed by atoms with E-state index in [1.54, 1.807) is 6.20 Å². The Morgan fingerprint density at radius 1 is 1.11 bits per heavy atom. The number of hydrogen-bond donors (Lipinski definition) is 2. The molecule has 0 atom stereocenters. The van der Waals surface area contributed by atoms with E-state index in [0.717, 1.165) is 62.3 Å². The summed E-state index contributed by atoms with van der Waals surface area (Å²) < 4.78 is 16.8. The number of morpholine rings is 1. The Bertz CT molecular complexity index is 1250. The maximum absolute atomic E-state index is 13.0. The van der Waals surface area contributed by atoms with Crippen LogP contribution in [-0.2, 0) is 17.8 Å². The van der Waals surface area contributed by atoms with Crippen molar-refractivity contribution in [2.45, 2.75) is 19.5 Å². The van der Waals surface area contributed by atoms with E-state index in [2.05, 4.69) is 20.2 Å². The fourth-order valence-electron chi connectivity index (χ4n) is 4.46. The molecule has 1 fully saturated rings. The van der Waals surface area contributed by atoms with E-state index in [4.69, 9.17) is 26.4 Å². The van der Waals surface area contributed by atoms with Crippen LogP contribution in [0.25, 0.3) is 10.9 Å². The Hall–Kier alpha value is -3.21. The minimum atomic E-state index is -0.148. The molecule has 2 aliphatic rings. The van der Waals surface area contributed by atoms with Gasteiger partial charge in [-0.2, -0.15) is 0 Å². The van der Waals surface area contributed by atoms with Crippen LogP contribution in [0.1, 0.15) is 17.5 Å². The SMILES string of the molecule is O=c1[nH]c2cc3c(cc2cc1CN(Cc1cccnc1)C(=S)NCCCN1CCOCC1)OCCO3. The Kier molecular flexibility index (Phi) is 7.95. The highest BCUT2D eigenvalue weighted by Gasteiger charge is 2.17. The van der Waals surface area contributed by atoms with Gasteiger partial charge in [0.25, 0.3) is 5.56 Å². The topological polar surface area (TPSA) is 92.0 Å². The minimum absolute atomic E-state index is 0.148. The molecule has 0 amide bonds. The molecule has 4 heterocycles. The molecule has 5 rings (SSSR count). The van der Waals surface area contributed by atoms with Crippen LogP contribution in [0.2, 0.25) is 0 Å². The second kappa shape index (κ2) is 11.7. The van der Waals surface area contributed by atoms with Crippen LogP contribution in [0.15, 0.2) is 47.5 Å². The second-order valence-electron chi connectivity index (χ2n) is 8.96. The zero-order valence-electron chi connectivity index (χ0n) is 20.2. The van der Waals surface area contributed by atoms with Crippen molar-refractivity contribution in [1.29, 1.82) is 0 Å². The molecule has 2 aromatic heterocycles. The van der Waals surface area contributed by atoms with Gasteiger partial charge in [0.05, 0.1) is 25.3 Å². The summed E-state index contributed by atoms with van der Waals surface area (Å²) in [4.78, 5) is 24.6. The van der Waals surface area contributed by atoms with E-state index in [1.807, 2.05) is 41.4 Å². The number of aromatic amines is 1. The largest absolute Gasteiger partial charge is 0.486 e. The Labute approximate surface area is 215 Å². The molecular formula is C26H31N5O4S. The predicted octanol–water partition coefficient (Wildman–Crippen LogP) is 2.29. The average Bonchev–Trinajstić information content (AvgIpc) is 2.91. The number of thiocarbonyl (C=S) groups is 1. The number of rotatable bonds is 8. The third kappa shape index (κ3) is 6.13. The van der Waals surface area contributed by atoms with Gasteiger partial charge in [0, 0.05) is 55.6 Å². The number of fused-ring (bicyclic) bond motifs is 2. The molecule has 0 radical (unpaired) electrons. The van der Waals surface area contributed by atoms with E-state index in [-0.39, 0.29) is 5.56 Å². The van der Waals surface area contributed by atoms with Gasteiger partial charge < -0.3 is 29.4 Å². The summed E-state index contributed by atoms with van der Waals surface area (Å²) in [6, 6.07) is 9.55. The van der Waals surface area contributed by atoms with E-state index < -0.39 is 0 Å². The van der Waals surface area contributed by atoms with Crippen LogP contribution < -0.4 is 20.3 Å². The lowest BCUT2D eigenvalue weighted by Crippen LogP contribution is -2.42. The summed E-state index contributed by atoms with van der Waals surface area (Å²) in [6.45, 7) is 7.23. The molecule has 2 aliphatic heterocycles. The first-order valence-corrected chi connectivity index (χ1v) is 12.7. The van der Waals surface area contributed by atoms with Gasteiger partial charge in [0.2, 0.25) is 0 Å². The summed E-state index contributed by atoms with van der Waals surface area (Å²) in [6.07, 6.45) is 4.55. The standard InChI is InChI=1S/C26H31N5O4S/c32-25-21(13-20-14-23-24(15-22(20)29-25)35-12-11-34-23)18-31(17-19-3-1-4-27-16-19)26(36)28-5-2-6-30-7-9-33-10-8-30/h1,3-4,13-16H,2,5-12,17-18H2,(H,28,36)(H,29,32). The van der Waals surface area contributed by atoms with Gasteiger partial charge >= 0.3 is 0 Å². The second-order valence-corrected chi connectivity index (χ2v) is 9.35. The molecule has 1 aromatic carbocycles. The molecule has 0 saturated carbocycles. The fraction of sp³-hybridized carbons (Fsp3) is 0.423. The Balaban J connectivity index is 1.30. The van der Waals surface area contributed by atoms with E-state index >= 15 is 0 Å². The van der Waals surface area contributed by atoms with Crippen molar-refractivity contribution in [1.82, 2.24) is 25.1 Å². The number of nitrogens with one attached hydrogen (secondary N) is 2. The van der Waals surface area contributed by atoms with Gasteiger partial charge in [-0.25, -0.2) is 0 Å². The molecular weight excluding hydrogens is 478 g/mol. The van der Waals surface area contributed by atoms with E-state index in [0.29, 0.717) is 48.5 Å². The molecule has 0 unspecified atom stereocenters. The molecule has 2 N–H and O–H groups in total. The van der Waals surface area contributed by atoms with Gasteiger partial charge in [0.15, 0.2) is 16.6 Å². The molecule has 0 aliphatic carbocycles. The third-order valence-electron chi connectivity index (χ3n) is 6.36. The van der Waals surface area contributed by atoms with Gasteiger partial charge in [-0.05, 0) is 48.9 Å². The first-order valence-electron chi connectivity index (χ1n) is 12.3. The maximum atomic E-state index is 13.0. The molecule has 0 bridgehead atoms. The lowest BCUT2D eigenvalue weighted by Gasteiger charge is -2.28. The van der Waals surface area contributed by atoms with Gasteiger partial charge in [-0.1, -0.05) is 6.07 Å². The number of H-pyrrole nitrogens is 1. The van der Waals surface area contributed by atoms with Crippen molar-refractivity contribution in [2.24, 2.45) is 0 Å². The summed E-state index contributed by atoms with van der Waals surface area (Å²) in [5, 5.41) is 4.89. The predicted molar refractivity (Wildman–Crippen MR) is 142 cm³/mol. The van der Waals surface area contributed by atoms with Crippen molar-refractivity contribution < 1.29 is 14.2 Å². The molecule has 0 spiro atoms. The summed E-state index contributed by atoms with van der Waals surface area (Å²) >= 11 is 5.77. The number of aromatic nitrogens is 2. The van der Waals surface area contributed by atoms with Crippen LogP contribution in [0, 0.1) is 0 Å². The van der Waals surface area contributed by atoms with Crippen molar-refractivity contribution in [2.75, 3.05) is 52.6 Å². The summed E-state index contributed by atoms with van der Waals surface area (Å²) in [5.74, 6) is 1.34. The molecule has 9 nitrogen and oxygen atoms in total. The Morgan fingerprint density at radius 2 is 1.92 bits per heavy atom. The number of benzene rings is 1. The van der Waals surface area contributed by atoms with E-state index in [9.17, 15) is 4.79 Å². The van der Waals surface area contributed by atoms with Crippen molar-refractivity contribution in [3.63, 3.8) is 0 Å². The van der Waals surface area contributed by atoms with Gasteiger partial charge in [-0.3, -0.25) is 14.7 Å². The lowest BCUT2D eigenvalue weighted by atomic mass is 10.1. The zero-order valence-corrected chi connectivity index (χ0v) is 21.0. The highest BCUT2D eigenvalue weighted by molar-refractivity contribution is 7.80. The molecule has 3 aromatic rings. The normalized spacial score (nSPS) is 15.6. The van der Waals surface area contributed by atoms with Gasteiger partial charge in [-0.15, -0.1) is 0 Å². The summed E-state index contributed by atoms with van der Waals surface area (Å²) in [7, 11) is 0. The Morgan fingerprint density at radius 3 is 2.69 bits per heavy atom. The highest BCUT2D eigenvalue weighted by Crippen LogP contribution is 2.33. The smallest absolute Gasteiger partial charge is 0.253 e. The number of ether oxygens (including phenoxy) is 3. The number of pyridine rings is 2. The quantitative estimate of drug-likeness (QED) is 0.351. The molecule has 1 saturated heterocycles. The van der Waals surface area contributed by atoms with Crippen LogP contribution in [0.5, 0.6) is 11.5 Å². The van der Waals surface area contributed by atoms with Crippen molar-refractivity contribution in [3.05, 3.63) is 64.2 Å². The first-order chi connectivity index (χ1) is 17.7. The average molecular weight is 510 g/mol. The zero-order chi connectivity index (χ0) is 24.7. The van der Waals surface area contributed by atoms with Gasteiger partial charge in [0.1, 0.15) is 13.2 Å². The summed E-state index contributed by atoms with van der Waals surface area (Å²) in [5.41, 5.74) is 2.22. The molecule has 190 valence electrons. The number of nitrogens with zero attached hydrogens (tertiary/aromatic N) is 3. The maximum Gasteiger partial charge on any atom is 0.253 e. The minimum Gasteiger partial charge on any atom is -0.486 e. The lowest BCUT2D eigenvalue weighted by molar-refractivity contribution is 0.0376. The monoisotopic (exact) mass is 509 g/mol. The fourth-order valence-corrected chi connectivity index (χ4v) is 4.69. The van der Waals surface area contributed by atoms with Crippen LogP contribution in [-0.4, -0.2) is 77.5 Å². The molecule has 36 heavy (non-hydrogen) atoms. The van der Waals surface area contributed by atoms with Crippen LogP contribution in [0.3, 0.4) is 0 Å². The van der Waals surface area contributed by atoms with Crippen molar-refractivity contribution >= 4 is 28.2 Å². The van der Waals surface area contributed by atoms with Crippen LogP contribution in [0.4, 0.5) is 0 Å².